The standard InChI is InChI=1S/C14H28.H3O3P/c1-9(2)13(10(3)4)14(11(5)6)12(7)8;1-4(2)3/h9-12H,1-8H3;4H,(H2,1,2,3). The molecule has 0 bridgehead atoms. The smallest absolute Gasteiger partial charge is 0.314 e. The number of rotatable bonds is 4. The maximum atomic E-state index is 8.74. The highest BCUT2D eigenvalue weighted by atomic mass is 31.1. The van der Waals surface area contributed by atoms with Crippen LogP contribution in [0.15, 0.2) is 11.1 Å². The third-order valence-electron chi connectivity index (χ3n) is 2.82. The molecule has 0 aromatic heterocycles. The van der Waals surface area contributed by atoms with E-state index >= 15 is 0 Å². The lowest BCUT2D eigenvalue weighted by atomic mass is 9.79. The first kappa shape index (κ1) is 20.2. The van der Waals surface area contributed by atoms with Crippen LogP contribution in [-0.4, -0.2) is 9.79 Å². The molecule has 0 saturated carbocycles. The molecule has 0 heterocycles. The van der Waals surface area contributed by atoms with Gasteiger partial charge in [0.25, 0.3) is 0 Å². The first-order chi connectivity index (χ1) is 8.02. The maximum Gasteiger partial charge on any atom is 0.314 e. The zero-order valence-corrected chi connectivity index (χ0v) is 14.1. The Kier molecular flexibility index (Phi) is 11.0. The molecule has 0 spiro atoms. The van der Waals surface area contributed by atoms with Gasteiger partial charge in [0.05, 0.1) is 0 Å². The summed E-state index contributed by atoms with van der Waals surface area (Å²) in [7, 11) is -3.13. The molecule has 3 nitrogen and oxygen atoms in total. The van der Waals surface area contributed by atoms with Crippen LogP contribution >= 0.6 is 8.25 Å². The summed E-state index contributed by atoms with van der Waals surface area (Å²) < 4.78 is 8.74. The fraction of sp³-hybridized carbons (Fsp3) is 0.857. The van der Waals surface area contributed by atoms with Crippen LogP contribution in [-0.2, 0) is 4.57 Å². The van der Waals surface area contributed by atoms with E-state index in [-0.39, 0.29) is 0 Å². The maximum absolute atomic E-state index is 8.74. The van der Waals surface area contributed by atoms with Crippen molar-refractivity contribution in [1.82, 2.24) is 0 Å². The monoisotopic (exact) mass is 278 g/mol. The van der Waals surface area contributed by atoms with Gasteiger partial charge < -0.3 is 9.79 Å². The summed E-state index contributed by atoms with van der Waals surface area (Å²) in [5, 5.41) is 0. The van der Waals surface area contributed by atoms with E-state index in [0.29, 0.717) is 23.7 Å². The second-order valence-electron chi connectivity index (χ2n) is 5.81. The Morgan fingerprint density at radius 2 is 0.778 bits per heavy atom. The molecule has 2 N–H and O–H groups in total. The van der Waals surface area contributed by atoms with E-state index in [1.165, 1.54) is 0 Å². The lowest BCUT2D eigenvalue weighted by Gasteiger charge is -2.27. The van der Waals surface area contributed by atoms with E-state index in [2.05, 4.69) is 55.4 Å². The molecule has 0 aliphatic rings. The van der Waals surface area contributed by atoms with Gasteiger partial charge in [0.2, 0.25) is 0 Å². The number of hydrogen-bond donors (Lipinski definition) is 2. The van der Waals surface area contributed by atoms with Crippen molar-refractivity contribution in [3.05, 3.63) is 11.1 Å². The van der Waals surface area contributed by atoms with Crippen molar-refractivity contribution in [2.45, 2.75) is 55.4 Å². The fourth-order valence-electron chi connectivity index (χ4n) is 2.67. The molecule has 18 heavy (non-hydrogen) atoms. The van der Waals surface area contributed by atoms with E-state index in [4.69, 9.17) is 14.4 Å². The van der Waals surface area contributed by atoms with Crippen molar-refractivity contribution >= 4 is 8.25 Å². The first-order valence-corrected chi connectivity index (χ1v) is 7.98. The molecule has 0 aromatic rings. The van der Waals surface area contributed by atoms with Crippen LogP contribution in [0.5, 0.6) is 0 Å². The molecule has 0 unspecified atom stereocenters. The predicted octanol–water partition coefficient (Wildman–Crippen LogP) is 4.27. The normalized spacial score (nSPS) is 11.3. The Labute approximate surface area is 113 Å². The summed E-state index contributed by atoms with van der Waals surface area (Å²) in [4.78, 5) is 14.3. The molecule has 0 aliphatic heterocycles. The summed E-state index contributed by atoms with van der Waals surface area (Å²) in [6, 6.07) is 0. The van der Waals surface area contributed by atoms with Crippen molar-refractivity contribution in [2.24, 2.45) is 23.7 Å². The topological polar surface area (TPSA) is 57.5 Å². The fourth-order valence-corrected chi connectivity index (χ4v) is 2.67. The van der Waals surface area contributed by atoms with E-state index in [9.17, 15) is 0 Å². The van der Waals surface area contributed by atoms with Gasteiger partial charge in [-0.1, -0.05) is 66.5 Å². The van der Waals surface area contributed by atoms with Gasteiger partial charge >= 0.3 is 8.25 Å². The van der Waals surface area contributed by atoms with Crippen molar-refractivity contribution in [1.29, 1.82) is 0 Å². The largest absolute Gasteiger partial charge is 0.326 e. The number of hydrogen-bond acceptors (Lipinski definition) is 1. The Bertz CT molecular complexity index is 233. The summed E-state index contributed by atoms with van der Waals surface area (Å²) in [5.41, 5.74) is 3.35. The van der Waals surface area contributed by atoms with Crippen LogP contribution in [0.4, 0.5) is 0 Å². The molecule has 0 rings (SSSR count). The highest BCUT2D eigenvalue weighted by Crippen LogP contribution is 2.32. The second-order valence-corrected chi connectivity index (χ2v) is 6.38. The van der Waals surface area contributed by atoms with Crippen molar-refractivity contribution in [3.63, 3.8) is 0 Å². The van der Waals surface area contributed by atoms with Gasteiger partial charge in [0.15, 0.2) is 0 Å². The molecule has 0 radical (unpaired) electrons. The average molecular weight is 278 g/mol. The lowest BCUT2D eigenvalue weighted by molar-refractivity contribution is 0.405. The number of allylic oxidation sites excluding steroid dienone is 2. The van der Waals surface area contributed by atoms with Crippen LogP contribution < -0.4 is 0 Å². The van der Waals surface area contributed by atoms with Gasteiger partial charge in [-0.15, -0.1) is 0 Å². The van der Waals surface area contributed by atoms with E-state index in [1.54, 1.807) is 11.1 Å². The van der Waals surface area contributed by atoms with Gasteiger partial charge in [0, 0.05) is 0 Å². The Morgan fingerprint density at radius 1 is 0.667 bits per heavy atom. The molecule has 0 atom stereocenters. The Morgan fingerprint density at radius 3 is 0.833 bits per heavy atom. The van der Waals surface area contributed by atoms with Gasteiger partial charge in [0.1, 0.15) is 0 Å². The molecule has 0 amide bonds. The second kappa shape index (κ2) is 9.77. The quantitative estimate of drug-likeness (QED) is 0.596. The van der Waals surface area contributed by atoms with Crippen LogP contribution in [0, 0.1) is 23.7 Å². The van der Waals surface area contributed by atoms with E-state index < -0.39 is 8.25 Å². The molecule has 0 saturated heterocycles. The third-order valence-corrected chi connectivity index (χ3v) is 2.82. The van der Waals surface area contributed by atoms with Crippen LogP contribution in [0.2, 0.25) is 0 Å². The molecule has 0 aliphatic carbocycles. The molecular weight excluding hydrogens is 247 g/mol. The highest BCUT2D eigenvalue weighted by Gasteiger charge is 2.18. The molecular formula is C14H31O3P. The van der Waals surface area contributed by atoms with Gasteiger partial charge in [-0.3, -0.25) is 4.57 Å². The van der Waals surface area contributed by atoms with E-state index in [0.717, 1.165) is 0 Å². The predicted molar refractivity (Wildman–Crippen MR) is 79.8 cm³/mol. The zero-order valence-electron chi connectivity index (χ0n) is 13.1. The zero-order chi connectivity index (χ0) is 15.0. The average Bonchev–Trinajstić information content (AvgIpc) is 2.09. The summed E-state index contributed by atoms with van der Waals surface area (Å²) in [6.07, 6.45) is 0. The minimum Gasteiger partial charge on any atom is -0.326 e. The van der Waals surface area contributed by atoms with Crippen molar-refractivity contribution in [2.75, 3.05) is 0 Å². The first-order valence-electron chi connectivity index (χ1n) is 6.67. The summed E-state index contributed by atoms with van der Waals surface area (Å²) in [5.74, 6) is 2.76. The SMILES string of the molecule is CC(C)C(=C(C(C)C)C(C)C)C(C)C.O=[PH](O)O. The van der Waals surface area contributed by atoms with Gasteiger partial charge in [-0.05, 0) is 23.7 Å². The molecule has 4 heteroatoms. The minimum absolute atomic E-state index is 0.690. The van der Waals surface area contributed by atoms with E-state index in [1.807, 2.05) is 0 Å². The molecule has 0 fully saturated rings. The lowest BCUT2D eigenvalue weighted by Crippen LogP contribution is -2.14. The third kappa shape index (κ3) is 8.91. The summed E-state index contributed by atoms with van der Waals surface area (Å²) >= 11 is 0. The van der Waals surface area contributed by atoms with Crippen molar-refractivity contribution < 1.29 is 14.4 Å². The molecule has 0 aromatic carbocycles. The molecule has 110 valence electrons. The van der Waals surface area contributed by atoms with Crippen LogP contribution in [0.3, 0.4) is 0 Å². The minimum atomic E-state index is -3.13. The van der Waals surface area contributed by atoms with Crippen LogP contribution in [0.25, 0.3) is 0 Å². The van der Waals surface area contributed by atoms with Gasteiger partial charge in [-0.2, -0.15) is 0 Å². The Balaban J connectivity index is 0. The van der Waals surface area contributed by atoms with Gasteiger partial charge in [-0.25, -0.2) is 0 Å². The summed E-state index contributed by atoms with van der Waals surface area (Å²) in [6.45, 7) is 18.6. The highest BCUT2D eigenvalue weighted by molar-refractivity contribution is 7.30. The van der Waals surface area contributed by atoms with Crippen molar-refractivity contribution in [3.8, 4) is 0 Å². The Hall–Kier alpha value is -0.110. The van der Waals surface area contributed by atoms with Crippen LogP contribution in [0.1, 0.15) is 55.4 Å².